The molecule has 2 heterocycles. The zero-order chi connectivity index (χ0) is 16.0. The van der Waals surface area contributed by atoms with Gasteiger partial charge in [-0.3, -0.25) is 13.9 Å². The van der Waals surface area contributed by atoms with Crippen LogP contribution in [0.5, 0.6) is 0 Å². The van der Waals surface area contributed by atoms with Gasteiger partial charge in [-0.15, -0.1) is 0 Å². The van der Waals surface area contributed by atoms with Crippen molar-refractivity contribution >= 4 is 34.9 Å². The van der Waals surface area contributed by atoms with E-state index in [1.54, 1.807) is 25.2 Å². The Balaban J connectivity index is 2.50. The van der Waals surface area contributed by atoms with Crippen molar-refractivity contribution in [2.75, 3.05) is 0 Å². The molecule has 0 atom stereocenters. The molecule has 0 bridgehead atoms. The van der Waals surface area contributed by atoms with Crippen molar-refractivity contribution in [1.82, 2.24) is 19.1 Å². The fraction of sp³-hybridized carbons (Fsp3) is 0.143. The molecule has 3 rings (SSSR count). The van der Waals surface area contributed by atoms with Crippen molar-refractivity contribution in [2.45, 2.75) is 0 Å². The van der Waals surface area contributed by atoms with Crippen molar-refractivity contribution in [2.24, 2.45) is 14.1 Å². The largest absolute Gasteiger partial charge is 0.332 e. The molecule has 2 aromatic heterocycles. The van der Waals surface area contributed by atoms with Crippen LogP contribution in [0.3, 0.4) is 0 Å². The lowest BCUT2D eigenvalue weighted by molar-refractivity contribution is 0.706. The highest BCUT2D eigenvalue weighted by atomic mass is 35.5. The van der Waals surface area contributed by atoms with Gasteiger partial charge in [0.25, 0.3) is 5.56 Å². The van der Waals surface area contributed by atoms with Gasteiger partial charge in [-0.25, -0.2) is 9.78 Å². The third-order valence-corrected chi connectivity index (χ3v) is 4.08. The molecule has 0 fully saturated rings. The number of benzene rings is 1. The van der Waals surface area contributed by atoms with Crippen molar-refractivity contribution in [3.63, 3.8) is 0 Å². The van der Waals surface area contributed by atoms with Crippen LogP contribution >= 0.6 is 23.8 Å². The maximum Gasteiger partial charge on any atom is 0.332 e. The molecule has 0 aliphatic rings. The van der Waals surface area contributed by atoms with Crippen molar-refractivity contribution in [1.29, 1.82) is 0 Å². The highest BCUT2D eigenvalue weighted by molar-refractivity contribution is 7.71. The molecule has 8 heteroatoms. The lowest BCUT2D eigenvalue weighted by Crippen LogP contribution is -2.37. The molecule has 0 unspecified atom stereocenters. The molecule has 0 spiro atoms. The SMILES string of the molecule is Cn1c(=O)c2c(=S)nc(-c3ccccc3Cl)[nH]c2n(C)c1=O. The van der Waals surface area contributed by atoms with Gasteiger partial charge >= 0.3 is 5.69 Å². The highest BCUT2D eigenvalue weighted by Crippen LogP contribution is 2.25. The average Bonchev–Trinajstić information content (AvgIpc) is 2.50. The van der Waals surface area contributed by atoms with Crippen LogP contribution in [0.15, 0.2) is 33.9 Å². The summed E-state index contributed by atoms with van der Waals surface area (Å²) < 4.78 is 2.46. The molecular weight excluding hydrogens is 324 g/mol. The molecule has 0 saturated carbocycles. The summed E-state index contributed by atoms with van der Waals surface area (Å²) in [5.74, 6) is 0.409. The Morgan fingerprint density at radius 1 is 1.18 bits per heavy atom. The van der Waals surface area contributed by atoms with E-state index in [1.165, 1.54) is 11.6 Å². The van der Waals surface area contributed by atoms with E-state index in [-0.39, 0.29) is 10.0 Å². The van der Waals surface area contributed by atoms with Crippen molar-refractivity contribution < 1.29 is 0 Å². The van der Waals surface area contributed by atoms with Crippen LogP contribution in [0.25, 0.3) is 22.4 Å². The first-order chi connectivity index (χ1) is 10.4. The van der Waals surface area contributed by atoms with E-state index in [0.717, 1.165) is 4.57 Å². The first-order valence-corrected chi connectivity index (χ1v) is 7.15. The summed E-state index contributed by atoms with van der Waals surface area (Å²) in [5.41, 5.74) is 0.0466. The maximum atomic E-state index is 12.2. The molecule has 22 heavy (non-hydrogen) atoms. The Hall–Kier alpha value is -2.25. The lowest BCUT2D eigenvalue weighted by atomic mass is 10.2. The van der Waals surface area contributed by atoms with E-state index >= 15 is 0 Å². The summed E-state index contributed by atoms with van der Waals surface area (Å²) in [7, 11) is 2.96. The normalized spacial score (nSPS) is 11.0. The van der Waals surface area contributed by atoms with Gasteiger partial charge in [0.2, 0.25) is 0 Å². The molecule has 3 aromatic rings. The van der Waals surface area contributed by atoms with Gasteiger partial charge < -0.3 is 4.98 Å². The van der Waals surface area contributed by atoms with Gasteiger partial charge in [-0.1, -0.05) is 36.0 Å². The number of fused-ring (bicyclic) bond motifs is 1. The van der Waals surface area contributed by atoms with E-state index < -0.39 is 11.2 Å². The minimum absolute atomic E-state index is 0.125. The molecule has 6 nitrogen and oxygen atoms in total. The Labute approximate surface area is 134 Å². The Bertz CT molecular complexity index is 1080. The Morgan fingerprint density at radius 2 is 1.86 bits per heavy atom. The maximum absolute atomic E-state index is 12.2. The number of rotatable bonds is 1. The fourth-order valence-corrected chi connectivity index (χ4v) is 2.76. The topological polar surface area (TPSA) is 72.7 Å². The second-order valence-electron chi connectivity index (χ2n) is 4.80. The molecule has 0 saturated heterocycles. The molecule has 112 valence electrons. The van der Waals surface area contributed by atoms with Crippen LogP contribution in [0, 0.1) is 4.64 Å². The van der Waals surface area contributed by atoms with Gasteiger partial charge in [-0.05, 0) is 12.1 Å². The zero-order valence-corrected chi connectivity index (χ0v) is 13.3. The lowest BCUT2D eigenvalue weighted by Gasteiger charge is -2.10. The molecule has 0 radical (unpaired) electrons. The molecule has 0 aliphatic heterocycles. The van der Waals surface area contributed by atoms with E-state index in [1.807, 2.05) is 6.07 Å². The van der Waals surface area contributed by atoms with Crippen LogP contribution < -0.4 is 11.2 Å². The van der Waals surface area contributed by atoms with Crippen molar-refractivity contribution in [3.8, 4) is 11.4 Å². The smallest absolute Gasteiger partial charge is 0.325 e. The monoisotopic (exact) mass is 334 g/mol. The average molecular weight is 335 g/mol. The van der Waals surface area contributed by atoms with Crippen LogP contribution in [0.2, 0.25) is 5.02 Å². The number of H-pyrrole nitrogens is 1. The number of hydrogen-bond donors (Lipinski definition) is 1. The third kappa shape index (κ3) is 2.10. The second kappa shape index (κ2) is 5.19. The summed E-state index contributed by atoms with van der Waals surface area (Å²) in [5, 5.41) is 0.698. The van der Waals surface area contributed by atoms with E-state index in [4.69, 9.17) is 23.8 Å². The van der Waals surface area contributed by atoms with Crippen LogP contribution in [-0.4, -0.2) is 19.1 Å². The number of hydrogen-bond acceptors (Lipinski definition) is 4. The summed E-state index contributed by atoms with van der Waals surface area (Å²) in [6.45, 7) is 0. The minimum Gasteiger partial charge on any atom is -0.325 e. The highest BCUT2D eigenvalue weighted by Gasteiger charge is 2.14. The minimum atomic E-state index is -0.474. The predicted octanol–water partition coefficient (Wildman–Crippen LogP) is 2.01. The number of nitrogens with one attached hydrogen (secondary N) is 1. The molecule has 1 aromatic carbocycles. The number of aromatic nitrogens is 4. The first kappa shape index (κ1) is 14.7. The van der Waals surface area contributed by atoms with Crippen LogP contribution in [0.4, 0.5) is 0 Å². The molecular formula is C14H11ClN4O2S. The summed E-state index contributed by atoms with van der Waals surface area (Å²) in [6.07, 6.45) is 0. The number of aromatic amines is 1. The van der Waals surface area contributed by atoms with Gasteiger partial charge in [0.05, 0.1) is 5.02 Å². The number of aryl methyl sites for hydroxylation is 1. The van der Waals surface area contributed by atoms with Gasteiger partial charge in [0.1, 0.15) is 21.5 Å². The second-order valence-corrected chi connectivity index (χ2v) is 5.59. The molecule has 0 aliphatic carbocycles. The van der Waals surface area contributed by atoms with Gasteiger partial charge in [-0.2, -0.15) is 0 Å². The number of halogens is 1. The first-order valence-electron chi connectivity index (χ1n) is 6.36. The van der Waals surface area contributed by atoms with Gasteiger partial charge in [0, 0.05) is 19.7 Å². The quantitative estimate of drug-likeness (QED) is 0.691. The summed E-state index contributed by atoms with van der Waals surface area (Å²) in [6, 6.07) is 7.11. The molecule has 1 N–H and O–H groups in total. The van der Waals surface area contributed by atoms with E-state index in [9.17, 15) is 9.59 Å². The standard InChI is InChI=1S/C14H11ClN4O2S/c1-18-11-9(13(20)19(2)14(18)21)12(22)17-10(16-11)7-5-3-4-6-8(7)15/h3-6H,1-2H3,(H,16,17,22). The van der Waals surface area contributed by atoms with Gasteiger partial charge in [0.15, 0.2) is 0 Å². The van der Waals surface area contributed by atoms with Crippen LogP contribution in [0.1, 0.15) is 0 Å². The predicted molar refractivity (Wildman–Crippen MR) is 87.9 cm³/mol. The summed E-state index contributed by atoms with van der Waals surface area (Å²) >= 11 is 11.4. The Kier molecular flexibility index (Phi) is 3.46. The molecule has 0 amide bonds. The zero-order valence-electron chi connectivity index (χ0n) is 11.8. The van der Waals surface area contributed by atoms with Crippen LogP contribution in [-0.2, 0) is 14.1 Å². The van der Waals surface area contributed by atoms with E-state index in [0.29, 0.717) is 22.1 Å². The van der Waals surface area contributed by atoms with E-state index in [2.05, 4.69) is 9.97 Å². The number of nitrogens with zero attached hydrogens (tertiary/aromatic N) is 3. The fourth-order valence-electron chi connectivity index (χ4n) is 2.26. The Morgan fingerprint density at radius 3 is 2.55 bits per heavy atom. The summed E-state index contributed by atoms with van der Waals surface area (Å²) in [4.78, 5) is 31.5. The van der Waals surface area contributed by atoms with Crippen molar-refractivity contribution in [3.05, 3.63) is 54.8 Å². The third-order valence-electron chi connectivity index (χ3n) is 3.46.